The molecule has 0 unspecified atom stereocenters. The summed E-state index contributed by atoms with van der Waals surface area (Å²) in [7, 11) is 0. The van der Waals surface area contributed by atoms with Gasteiger partial charge in [-0.2, -0.15) is 0 Å². The number of hydrogen-bond donors (Lipinski definition) is 1. The second-order valence-electron chi connectivity index (χ2n) is 8.34. The number of carboxylic acid groups (broad SMARTS) is 1. The van der Waals surface area contributed by atoms with Crippen LogP contribution in [-0.4, -0.2) is 34.6 Å². The van der Waals surface area contributed by atoms with Crippen LogP contribution in [-0.2, 0) is 4.79 Å². The molecule has 0 aromatic heterocycles. The number of likely N-dealkylation sites (tertiary alicyclic amines) is 1. The minimum Gasteiger partial charge on any atom is -0.481 e. The summed E-state index contributed by atoms with van der Waals surface area (Å²) in [5, 5.41) is 9.43. The van der Waals surface area contributed by atoms with Crippen LogP contribution in [0.1, 0.15) is 78.6 Å². The van der Waals surface area contributed by atoms with Gasteiger partial charge in [-0.05, 0) is 62.9 Å². The molecule has 3 nitrogen and oxygen atoms in total. The standard InChI is InChI=1S/C18H33NO2/c1-17(2,3)15-8-10-18(11-9-15,14-16(20)21)19-12-6-4-5-7-13-19/h15H,4-14H2,1-3H3,(H,20,21). The molecule has 3 heteroatoms. The fraction of sp³-hybridized carbons (Fsp3) is 0.944. The Morgan fingerprint density at radius 2 is 1.62 bits per heavy atom. The molecule has 2 rings (SSSR count). The summed E-state index contributed by atoms with van der Waals surface area (Å²) in [6, 6.07) is 0. The molecule has 21 heavy (non-hydrogen) atoms. The van der Waals surface area contributed by atoms with Crippen LogP contribution in [0.3, 0.4) is 0 Å². The van der Waals surface area contributed by atoms with E-state index in [4.69, 9.17) is 0 Å². The number of rotatable bonds is 3. The Hall–Kier alpha value is -0.570. The highest BCUT2D eigenvalue weighted by molar-refractivity contribution is 5.68. The predicted octanol–water partition coefficient (Wildman–Crippen LogP) is 4.31. The topological polar surface area (TPSA) is 40.5 Å². The first-order valence-electron chi connectivity index (χ1n) is 8.80. The smallest absolute Gasteiger partial charge is 0.305 e. The third-order valence-electron chi connectivity index (χ3n) is 5.90. The highest BCUT2D eigenvalue weighted by Crippen LogP contribution is 2.45. The molecule has 2 fully saturated rings. The number of carbonyl (C=O) groups is 1. The van der Waals surface area contributed by atoms with Gasteiger partial charge in [0.05, 0.1) is 6.42 Å². The van der Waals surface area contributed by atoms with Gasteiger partial charge in [-0.3, -0.25) is 9.69 Å². The van der Waals surface area contributed by atoms with Crippen molar-refractivity contribution in [2.24, 2.45) is 11.3 Å². The minimum absolute atomic E-state index is 0.0576. The first-order valence-corrected chi connectivity index (χ1v) is 8.80. The van der Waals surface area contributed by atoms with E-state index in [2.05, 4.69) is 25.7 Å². The summed E-state index contributed by atoms with van der Waals surface area (Å²) < 4.78 is 0. The average molecular weight is 295 g/mol. The van der Waals surface area contributed by atoms with Crippen LogP contribution in [0.15, 0.2) is 0 Å². The Morgan fingerprint density at radius 1 is 1.10 bits per heavy atom. The monoisotopic (exact) mass is 295 g/mol. The van der Waals surface area contributed by atoms with E-state index in [1.807, 2.05) is 0 Å². The van der Waals surface area contributed by atoms with Gasteiger partial charge in [0.25, 0.3) is 0 Å². The Balaban J connectivity index is 2.10. The van der Waals surface area contributed by atoms with Crippen molar-refractivity contribution in [3.63, 3.8) is 0 Å². The number of aliphatic carboxylic acids is 1. The molecular formula is C18H33NO2. The lowest BCUT2D eigenvalue weighted by Gasteiger charge is -2.49. The summed E-state index contributed by atoms with van der Waals surface area (Å²) in [6.45, 7) is 9.19. The molecular weight excluding hydrogens is 262 g/mol. The zero-order chi connectivity index (χ0) is 15.5. The van der Waals surface area contributed by atoms with Crippen molar-refractivity contribution in [2.45, 2.75) is 84.1 Å². The van der Waals surface area contributed by atoms with Gasteiger partial charge in [0.1, 0.15) is 0 Å². The number of nitrogens with zero attached hydrogens (tertiary/aromatic N) is 1. The van der Waals surface area contributed by atoms with Gasteiger partial charge in [-0.25, -0.2) is 0 Å². The Labute approximate surface area is 130 Å². The van der Waals surface area contributed by atoms with Crippen molar-refractivity contribution in [2.75, 3.05) is 13.1 Å². The van der Waals surface area contributed by atoms with Gasteiger partial charge in [0.15, 0.2) is 0 Å². The zero-order valence-electron chi connectivity index (χ0n) is 14.2. The summed E-state index contributed by atoms with van der Waals surface area (Å²) in [5.41, 5.74) is 0.298. The minimum atomic E-state index is -0.617. The Morgan fingerprint density at radius 3 is 2.05 bits per heavy atom. The van der Waals surface area contributed by atoms with E-state index in [1.165, 1.54) is 38.5 Å². The van der Waals surface area contributed by atoms with E-state index in [1.54, 1.807) is 0 Å². The van der Waals surface area contributed by atoms with Gasteiger partial charge < -0.3 is 5.11 Å². The molecule has 1 N–H and O–H groups in total. The normalized spacial score (nSPS) is 32.6. The van der Waals surface area contributed by atoms with Crippen molar-refractivity contribution >= 4 is 5.97 Å². The second kappa shape index (κ2) is 6.68. The number of carboxylic acids is 1. The quantitative estimate of drug-likeness (QED) is 0.843. The molecule has 2 aliphatic rings. The van der Waals surface area contributed by atoms with Crippen molar-refractivity contribution in [1.29, 1.82) is 0 Å². The molecule has 1 saturated heterocycles. The highest BCUT2D eigenvalue weighted by Gasteiger charge is 2.43. The molecule has 0 radical (unpaired) electrons. The fourth-order valence-electron chi connectivity index (χ4n) is 4.45. The van der Waals surface area contributed by atoms with Crippen LogP contribution < -0.4 is 0 Å². The van der Waals surface area contributed by atoms with Gasteiger partial charge in [-0.1, -0.05) is 33.6 Å². The van der Waals surface area contributed by atoms with E-state index >= 15 is 0 Å². The van der Waals surface area contributed by atoms with Crippen LogP contribution in [0.5, 0.6) is 0 Å². The van der Waals surface area contributed by atoms with E-state index in [-0.39, 0.29) is 5.54 Å². The molecule has 1 saturated carbocycles. The molecule has 0 atom stereocenters. The molecule has 1 aliphatic carbocycles. The lowest BCUT2D eigenvalue weighted by Crippen LogP contribution is -2.53. The van der Waals surface area contributed by atoms with Gasteiger partial charge in [-0.15, -0.1) is 0 Å². The van der Waals surface area contributed by atoms with Gasteiger partial charge in [0.2, 0.25) is 0 Å². The van der Waals surface area contributed by atoms with Crippen LogP contribution in [0.4, 0.5) is 0 Å². The molecule has 1 aliphatic heterocycles. The largest absolute Gasteiger partial charge is 0.481 e. The van der Waals surface area contributed by atoms with Gasteiger partial charge in [0, 0.05) is 5.54 Å². The predicted molar refractivity (Wildman–Crippen MR) is 86.4 cm³/mol. The van der Waals surface area contributed by atoms with Crippen LogP contribution in [0.25, 0.3) is 0 Å². The SMILES string of the molecule is CC(C)(C)C1CCC(CC(=O)O)(N2CCCCCC2)CC1. The fourth-order valence-corrected chi connectivity index (χ4v) is 4.45. The maximum absolute atomic E-state index is 11.5. The summed E-state index contributed by atoms with van der Waals surface area (Å²) in [4.78, 5) is 14.0. The van der Waals surface area contributed by atoms with E-state index in [0.29, 0.717) is 11.8 Å². The summed E-state index contributed by atoms with van der Waals surface area (Å²) >= 11 is 0. The summed E-state index contributed by atoms with van der Waals surface area (Å²) in [5.74, 6) is 0.125. The molecule has 0 aromatic rings. The maximum Gasteiger partial charge on any atom is 0.305 e. The first-order chi connectivity index (χ1) is 9.83. The summed E-state index contributed by atoms with van der Waals surface area (Å²) in [6.07, 6.45) is 9.95. The molecule has 0 spiro atoms. The lowest BCUT2D eigenvalue weighted by atomic mass is 9.66. The zero-order valence-corrected chi connectivity index (χ0v) is 14.2. The third kappa shape index (κ3) is 4.21. The maximum atomic E-state index is 11.5. The Kier molecular flexibility index (Phi) is 5.34. The second-order valence-corrected chi connectivity index (χ2v) is 8.34. The number of hydrogen-bond acceptors (Lipinski definition) is 2. The van der Waals surface area contributed by atoms with Crippen molar-refractivity contribution in [3.05, 3.63) is 0 Å². The highest BCUT2D eigenvalue weighted by atomic mass is 16.4. The molecule has 122 valence electrons. The molecule has 0 aromatic carbocycles. The first kappa shape index (κ1) is 16.8. The van der Waals surface area contributed by atoms with Crippen LogP contribution in [0.2, 0.25) is 0 Å². The van der Waals surface area contributed by atoms with Gasteiger partial charge >= 0.3 is 5.97 Å². The van der Waals surface area contributed by atoms with Crippen LogP contribution >= 0.6 is 0 Å². The molecule has 1 heterocycles. The lowest BCUT2D eigenvalue weighted by molar-refractivity contribution is -0.142. The van der Waals surface area contributed by atoms with E-state index in [0.717, 1.165) is 31.8 Å². The van der Waals surface area contributed by atoms with Crippen molar-refractivity contribution in [3.8, 4) is 0 Å². The molecule has 0 bridgehead atoms. The van der Waals surface area contributed by atoms with Crippen LogP contribution in [0, 0.1) is 11.3 Å². The Bertz CT molecular complexity index is 343. The third-order valence-corrected chi connectivity index (χ3v) is 5.90. The van der Waals surface area contributed by atoms with Crippen molar-refractivity contribution in [1.82, 2.24) is 4.90 Å². The molecule has 0 amide bonds. The van der Waals surface area contributed by atoms with E-state index < -0.39 is 5.97 Å². The average Bonchev–Trinajstić information content (AvgIpc) is 2.66. The van der Waals surface area contributed by atoms with E-state index in [9.17, 15) is 9.90 Å². The van der Waals surface area contributed by atoms with Crippen molar-refractivity contribution < 1.29 is 9.90 Å².